The molecule has 0 atom stereocenters. The Morgan fingerprint density at radius 2 is 1.95 bits per heavy atom. The fraction of sp³-hybridized carbons (Fsp3) is 0.185. The normalized spacial score (nSPS) is 12.3. The first-order valence-electron chi connectivity index (χ1n) is 11.3. The lowest BCUT2D eigenvalue weighted by Gasteiger charge is -2.22. The Hall–Kier alpha value is -4.65. The number of benzene rings is 2. The number of aryl methyl sites for hydroxylation is 2. The van der Waals surface area contributed by atoms with Gasteiger partial charge >= 0.3 is 11.9 Å². The first-order valence-corrected chi connectivity index (χ1v) is 11.3. The van der Waals surface area contributed by atoms with E-state index in [0.717, 1.165) is 47.1 Å². The molecule has 0 aliphatic carbocycles. The Labute approximate surface area is 209 Å². The van der Waals surface area contributed by atoms with Crippen LogP contribution < -0.4 is 15.2 Å². The van der Waals surface area contributed by atoms with Crippen molar-refractivity contribution in [1.82, 2.24) is 14.5 Å². The van der Waals surface area contributed by atoms with E-state index in [4.69, 9.17) is 9.47 Å². The van der Waals surface area contributed by atoms with E-state index in [2.05, 4.69) is 16.0 Å². The van der Waals surface area contributed by atoms with Crippen LogP contribution in [0.4, 0.5) is 13.2 Å². The molecule has 0 bridgehead atoms. The topological polar surface area (TPSA) is 90.0 Å². The molecule has 3 heterocycles. The number of halogens is 3. The molecule has 0 fully saturated rings. The number of ether oxygens (including phenoxy) is 2. The second kappa shape index (κ2) is 9.43. The lowest BCUT2D eigenvalue weighted by Crippen LogP contribution is -2.28. The quantitative estimate of drug-likeness (QED) is 0.360. The van der Waals surface area contributed by atoms with Crippen molar-refractivity contribution < 1.29 is 22.6 Å². The van der Waals surface area contributed by atoms with Gasteiger partial charge in [-0.1, -0.05) is 29.8 Å². The number of rotatable bonds is 5. The molecule has 5 rings (SSSR count). The molecule has 10 heteroatoms. The van der Waals surface area contributed by atoms with Gasteiger partial charge in [0.1, 0.15) is 29.9 Å². The van der Waals surface area contributed by atoms with Gasteiger partial charge in [0.25, 0.3) is 0 Å². The molecule has 0 spiro atoms. The standard InChI is InChI=1S/C27H19F3N4O3/c1-16-2-5-21-18(10-16)8-9-34-22(21)12-25(33-26(34)35)36-15-17-3-6-23(19(11-17)13-31)37-20-4-7-24(32-14-20)27(28,29)30/h2-7,10-12,14H,8-9,15H2,1H3. The summed E-state index contributed by atoms with van der Waals surface area (Å²) < 4.78 is 51.1. The van der Waals surface area contributed by atoms with Crippen LogP contribution in [0.25, 0.3) is 11.3 Å². The molecular formula is C27H19F3N4O3. The van der Waals surface area contributed by atoms with Crippen molar-refractivity contribution >= 4 is 0 Å². The average molecular weight is 504 g/mol. The first kappa shape index (κ1) is 24.1. The molecule has 0 N–H and O–H groups in total. The van der Waals surface area contributed by atoms with Crippen molar-refractivity contribution in [2.45, 2.75) is 32.7 Å². The molecule has 37 heavy (non-hydrogen) atoms. The second-order valence-corrected chi connectivity index (χ2v) is 8.53. The van der Waals surface area contributed by atoms with Crippen LogP contribution in [0.1, 0.15) is 27.9 Å². The Morgan fingerprint density at radius 1 is 1.11 bits per heavy atom. The highest BCUT2D eigenvalue weighted by molar-refractivity contribution is 5.67. The fourth-order valence-electron chi connectivity index (χ4n) is 4.15. The average Bonchev–Trinajstić information content (AvgIpc) is 2.87. The highest BCUT2D eigenvalue weighted by Gasteiger charge is 2.32. The number of alkyl halides is 3. The van der Waals surface area contributed by atoms with Gasteiger partial charge in [0.15, 0.2) is 0 Å². The molecule has 0 radical (unpaired) electrons. The van der Waals surface area contributed by atoms with Crippen LogP contribution >= 0.6 is 0 Å². The number of hydrogen-bond acceptors (Lipinski definition) is 6. The Kier molecular flexibility index (Phi) is 6.13. The Morgan fingerprint density at radius 3 is 2.68 bits per heavy atom. The summed E-state index contributed by atoms with van der Waals surface area (Å²) in [5, 5.41) is 9.55. The minimum atomic E-state index is -4.56. The van der Waals surface area contributed by atoms with Crippen LogP contribution in [-0.4, -0.2) is 14.5 Å². The molecule has 0 saturated carbocycles. The van der Waals surface area contributed by atoms with Gasteiger partial charge in [-0.2, -0.15) is 23.4 Å². The molecule has 1 aliphatic rings. The fourth-order valence-corrected chi connectivity index (χ4v) is 4.15. The van der Waals surface area contributed by atoms with Gasteiger partial charge in [-0.15, -0.1) is 0 Å². The maximum Gasteiger partial charge on any atom is 0.433 e. The second-order valence-electron chi connectivity index (χ2n) is 8.53. The Bertz CT molecular complexity index is 1590. The summed E-state index contributed by atoms with van der Waals surface area (Å²) in [5.41, 5.74) is 3.35. The van der Waals surface area contributed by atoms with Crippen LogP contribution in [-0.2, 0) is 25.7 Å². The van der Waals surface area contributed by atoms with Gasteiger partial charge < -0.3 is 9.47 Å². The zero-order valence-corrected chi connectivity index (χ0v) is 19.5. The molecule has 2 aromatic heterocycles. The first-order chi connectivity index (χ1) is 17.7. The molecule has 2 aromatic carbocycles. The van der Waals surface area contributed by atoms with E-state index >= 15 is 0 Å². The van der Waals surface area contributed by atoms with Crippen molar-refractivity contribution in [3.63, 3.8) is 0 Å². The maximum atomic E-state index is 12.7. The van der Waals surface area contributed by atoms with E-state index in [1.807, 2.05) is 25.1 Å². The Balaban J connectivity index is 1.33. The summed E-state index contributed by atoms with van der Waals surface area (Å²) in [5.74, 6) is 0.381. The molecule has 0 saturated heterocycles. The van der Waals surface area contributed by atoms with E-state index in [0.29, 0.717) is 12.1 Å². The molecule has 1 aliphatic heterocycles. The number of nitriles is 1. The predicted octanol–water partition coefficient (Wildman–Crippen LogP) is 5.43. The van der Waals surface area contributed by atoms with E-state index < -0.39 is 17.6 Å². The third-order valence-electron chi connectivity index (χ3n) is 5.93. The summed E-state index contributed by atoms with van der Waals surface area (Å²) >= 11 is 0. The van der Waals surface area contributed by atoms with Crippen molar-refractivity contribution in [2.24, 2.45) is 0 Å². The lowest BCUT2D eigenvalue weighted by molar-refractivity contribution is -0.141. The van der Waals surface area contributed by atoms with Gasteiger partial charge in [0.05, 0.1) is 17.5 Å². The molecule has 7 nitrogen and oxygen atoms in total. The number of pyridine rings is 1. The van der Waals surface area contributed by atoms with Crippen LogP contribution in [0.5, 0.6) is 17.4 Å². The predicted molar refractivity (Wildman–Crippen MR) is 127 cm³/mol. The lowest BCUT2D eigenvalue weighted by atomic mass is 9.96. The van der Waals surface area contributed by atoms with Gasteiger partial charge in [-0.3, -0.25) is 4.57 Å². The molecular weight excluding hydrogens is 485 g/mol. The summed E-state index contributed by atoms with van der Waals surface area (Å²) in [6.45, 7) is 2.60. The highest BCUT2D eigenvalue weighted by Crippen LogP contribution is 2.32. The smallest absolute Gasteiger partial charge is 0.433 e. The largest absolute Gasteiger partial charge is 0.473 e. The molecule has 0 amide bonds. The van der Waals surface area contributed by atoms with Gasteiger partial charge in [-0.25, -0.2) is 9.78 Å². The molecule has 186 valence electrons. The van der Waals surface area contributed by atoms with Crippen molar-refractivity contribution in [2.75, 3.05) is 0 Å². The SMILES string of the molecule is Cc1ccc2c(c1)CCn1c-2cc(OCc2ccc(Oc3ccc(C(F)(F)F)nc3)c(C#N)c2)nc1=O. The van der Waals surface area contributed by atoms with Crippen molar-refractivity contribution in [3.8, 4) is 34.7 Å². The minimum absolute atomic E-state index is 0.0352. The zero-order chi connectivity index (χ0) is 26.2. The third kappa shape index (κ3) is 5.02. The number of nitrogens with zero attached hydrogens (tertiary/aromatic N) is 4. The molecule has 4 aromatic rings. The van der Waals surface area contributed by atoms with Crippen LogP contribution in [0.3, 0.4) is 0 Å². The molecule has 0 unspecified atom stereocenters. The zero-order valence-electron chi connectivity index (χ0n) is 19.5. The van der Waals surface area contributed by atoms with Crippen LogP contribution in [0.15, 0.2) is 65.6 Å². The minimum Gasteiger partial charge on any atom is -0.473 e. The number of hydrogen-bond donors (Lipinski definition) is 0. The number of aromatic nitrogens is 3. The summed E-state index contributed by atoms with van der Waals surface area (Å²) in [4.78, 5) is 20.0. The van der Waals surface area contributed by atoms with Gasteiger partial charge in [-0.05, 0) is 48.7 Å². The van der Waals surface area contributed by atoms with Crippen LogP contribution in [0, 0.1) is 18.3 Å². The van der Waals surface area contributed by atoms with Crippen molar-refractivity contribution in [3.05, 3.63) is 99.2 Å². The van der Waals surface area contributed by atoms with E-state index in [-0.39, 0.29) is 29.5 Å². The monoisotopic (exact) mass is 504 g/mol. The van der Waals surface area contributed by atoms with E-state index in [1.54, 1.807) is 16.7 Å². The maximum absolute atomic E-state index is 12.7. The van der Waals surface area contributed by atoms with E-state index in [1.165, 1.54) is 12.1 Å². The van der Waals surface area contributed by atoms with E-state index in [9.17, 15) is 23.2 Å². The summed E-state index contributed by atoms with van der Waals surface area (Å²) in [6.07, 6.45) is -2.86. The number of fused-ring (bicyclic) bond motifs is 3. The van der Waals surface area contributed by atoms with Gasteiger partial charge in [0.2, 0.25) is 5.88 Å². The highest BCUT2D eigenvalue weighted by atomic mass is 19.4. The van der Waals surface area contributed by atoms with Crippen LogP contribution in [0.2, 0.25) is 0 Å². The van der Waals surface area contributed by atoms with Gasteiger partial charge in [0, 0.05) is 18.2 Å². The summed E-state index contributed by atoms with van der Waals surface area (Å²) in [7, 11) is 0. The van der Waals surface area contributed by atoms with Crippen molar-refractivity contribution in [1.29, 1.82) is 5.26 Å². The third-order valence-corrected chi connectivity index (χ3v) is 5.93. The summed E-state index contributed by atoms with van der Waals surface area (Å²) in [6, 6.07) is 16.5.